The molecule has 9 heteroatoms. The van der Waals surface area contributed by atoms with Gasteiger partial charge in [-0.3, -0.25) is 10.1 Å². The molecule has 5 nitrogen and oxygen atoms in total. The van der Waals surface area contributed by atoms with Gasteiger partial charge in [0.2, 0.25) is 6.79 Å². The van der Waals surface area contributed by atoms with Gasteiger partial charge in [-0.1, -0.05) is 23.2 Å². The summed E-state index contributed by atoms with van der Waals surface area (Å²) in [6.45, 7) is 0.190. The van der Waals surface area contributed by atoms with Crippen LogP contribution in [-0.2, 0) is 0 Å². The number of carbonyl (C=O) groups is 1. The molecule has 3 aromatic rings. The Balaban J connectivity index is 1.55. The van der Waals surface area contributed by atoms with Crippen LogP contribution in [0.1, 0.15) is 10.4 Å². The summed E-state index contributed by atoms with van der Waals surface area (Å²) >= 11 is 12.8. The van der Waals surface area contributed by atoms with E-state index in [9.17, 15) is 9.18 Å². The smallest absolute Gasteiger partial charge is 0.259 e. The van der Waals surface area contributed by atoms with E-state index in [1.807, 2.05) is 12.1 Å². The molecule has 0 atom stereocenters. The van der Waals surface area contributed by atoms with Crippen LogP contribution in [-0.4, -0.2) is 17.7 Å². The number of anilines is 1. The third kappa shape index (κ3) is 3.21. The first-order chi connectivity index (χ1) is 12.5. The van der Waals surface area contributed by atoms with Crippen LogP contribution in [0.2, 0.25) is 10.0 Å². The molecule has 0 bridgehead atoms. The van der Waals surface area contributed by atoms with Crippen LogP contribution in [0.3, 0.4) is 0 Å². The van der Waals surface area contributed by atoms with Gasteiger partial charge in [-0.25, -0.2) is 9.37 Å². The maximum Gasteiger partial charge on any atom is 0.259 e. The summed E-state index contributed by atoms with van der Waals surface area (Å²) in [5, 5.41) is 4.66. The number of nitrogens with one attached hydrogen (secondary N) is 1. The molecule has 26 heavy (non-hydrogen) atoms. The Morgan fingerprint density at radius 3 is 2.81 bits per heavy atom. The van der Waals surface area contributed by atoms with Crippen LogP contribution in [0.25, 0.3) is 11.3 Å². The molecule has 2 heterocycles. The Kier molecular flexibility index (Phi) is 4.44. The molecule has 0 fully saturated rings. The van der Waals surface area contributed by atoms with Gasteiger partial charge < -0.3 is 9.47 Å². The van der Waals surface area contributed by atoms with E-state index in [0.29, 0.717) is 22.3 Å². The van der Waals surface area contributed by atoms with Crippen molar-refractivity contribution in [3.8, 4) is 22.8 Å². The number of carbonyl (C=O) groups excluding carboxylic acids is 1. The van der Waals surface area contributed by atoms with Gasteiger partial charge in [0.1, 0.15) is 5.82 Å². The molecule has 1 aliphatic rings. The number of halogens is 3. The zero-order valence-corrected chi connectivity index (χ0v) is 15.2. The van der Waals surface area contributed by atoms with Crippen molar-refractivity contribution in [2.45, 2.75) is 0 Å². The van der Waals surface area contributed by atoms with E-state index >= 15 is 0 Å². The van der Waals surface area contributed by atoms with Crippen molar-refractivity contribution >= 4 is 45.6 Å². The summed E-state index contributed by atoms with van der Waals surface area (Å²) in [4.78, 5) is 16.7. The Labute approximate surface area is 161 Å². The summed E-state index contributed by atoms with van der Waals surface area (Å²) in [5.74, 6) is 0.0278. The van der Waals surface area contributed by atoms with Gasteiger partial charge in [-0.2, -0.15) is 0 Å². The lowest BCUT2D eigenvalue weighted by molar-refractivity contribution is 0.102. The van der Waals surface area contributed by atoms with Gasteiger partial charge in [0.25, 0.3) is 5.91 Å². The van der Waals surface area contributed by atoms with Gasteiger partial charge in [-0.15, -0.1) is 11.3 Å². The number of fused-ring (bicyclic) bond motifs is 1. The molecule has 2 aromatic carbocycles. The first-order valence-electron chi connectivity index (χ1n) is 7.33. The lowest BCUT2D eigenvalue weighted by Gasteiger charge is -2.05. The standard InChI is InChI=1S/C17H9Cl2FN2O3S/c18-10-5-11(19)12(20)4-9(10)16(23)22-17-21-13(6-26-17)8-1-2-14-15(3-8)25-7-24-14/h1-6H,7H2,(H,21,22,23). The van der Waals surface area contributed by atoms with E-state index in [1.54, 1.807) is 11.4 Å². The van der Waals surface area contributed by atoms with Crippen molar-refractivity contribution in [1.82, 2.24) is 4.98 Å². The number of hydrogen-bond donors (Lipinski definition) is 1. The van der Waals surface area contributed by atoms with Crippen molar-refractivity contribution in [2.24, 2.45) is 0 Å². The Bertz CT molecular complexity index is 1030. The maximum absolute atomic E-state index is 13.6. The number of ether oxygens (including phenoxy) is 2. The second-order valence-corrected chi connectivity index (χ2v) is 6.98. The predicted octanol–water partition coefficient (Wildman–Crippen LogP) is 5.24. The maximum atomic E-state index is 13.6. The third-order valence-electron chi connectivity index (χ3n) is 3.65. The van der Waals surface area contributed by atoms with Crippen molar-refractivity contribution in [3.05, 3.63) is 57.1 Å². The fraction of sp³-hybridized carbons (Fsp3) is 0.0588. The predicted molar refractivity (Wildman–Crippen MR) is 98.0 cm³/mol. The summed E-state index contributed by atoms with van der Waals surface area (Å²) < 4.78 is 24.2. The van der Waals surface area contributed by atoms with E-state index in [4.69, 9.17) is 32.7 Å². The third-order valence-corrected chi connectivity index (χ3v) is 5.01. The first-order valence-corrected chi connectivity index (χ1v) is 8.96. The van der Waals surface area contributed by atoms with E-state index in [-0.39, 0.29) is 22.4 Å². The lowest BCUT2D eigenvalue weighted by Crippen LogP contribution is -2.12. The van der Waals surface area contributed by atoms with Crippen LogP contribution in [0.5, 0.6) is 11.5 Å². The fourth-order valence-corrected chi connectivity index (χ4v) is 3.56. The number of thiazole rings is 1. The molecular weight excluding hydrogens is 402 g/mol. The van der Waals surface area contributed by atoms with Gasteiger partial charge in [0, 0.05) is 10.9 Å². The zero-order valence-electron chi connectivity index (χ0n) is 12.9. The molecule has 0 unspecified atom stereocenters. The fourth-order valence-electron chi connectivity index (χ4n) is 2.38. The highest BCUT2D eigenvalue weighted by molar-refractivity contribution is 7.14. The Morgan fingerprint density at radius 1 is 1.15 bits per heavy atom. The van der Waals surface area contributed by atoms with Crippen molar-refractivity contribution in [2.75, 3.05) is 12.1 Å². The zero-order chi connectivity index (χ0) is 18.3. The minimum atomic E-state index is -0.721. The molecule has 4 rings (SSSR count). The van der Waals surface area contributed by atoms with Gasteiger partial charge in [0.15, 0.2) is 16.6 Å². The minimum Gasteiger partial charge on any atom is -0.454 e. The van der Waals surface area contributed by atoms with Gasteiger partial charge in [0.05, 0.1) is 21.3 Å². The van der Waals surface area contributed by atoms with E-state index in [2.05, 4.69) is 10.3 Å². The molecular formula is C17H9Cl2FN2O3S. The highest BCUT2D eigenvalue weighted by Gasteiger charge is 2.18. The number of hydrogen-bond acceptors (Lipinski definition) is 5. The number of amides is 1. The van der Waals surface area contributed by atoms with Gasteiger partial charge >= 0.3 is 0 Å². The molecule has 1 amide bonds. The van der Waals surface area contributed by atoms with Crippen LogP contribution in [0.15, 0.2) is 35.7 Å². The van der Waals surface area contributed by atoms with Crippen LogP contribution >= 0.6 is 34.5 Å². The molecule has 1 aromatic heterocycles. The van der Waals surface area contributed by atoms with Crippen molar-refractivity contribution in [3.63, 3.8) is 0 Å². The Morgan fingerprint density at radius 2 is 1.96 bits per heavy atom. The summed E-state index contributed by atoms with van der Waals surface area (Å²) in [5.41, 5.74) is 1.46. The molecule has 0 aliphatic carbocycles. The van der Waals surface area contributed by atoms with Gasteiger partial charge in [-0.05, 0) is 30.3 Å². The van der Waals surface area contributed by atoms with E-state index < -0.39 is 11.7 Å². The monoisotopic (exact) mass is 410 g/mol. The second-order valence-electron chi connectivity index (χ2n) is 5.31. The average molecular weight is 411 g/mol. The minimum absolute atomic E-state index is 0.0200. The average Bonchev–Trinajstić information content (AvgIpc) is 3.26. The first kappa shape index (κ1) is 17.1. The summed E-state index contributed by atoms with van der Waals surface area (Å²) in [6.07, 6.45) is 0. The summed E-state index contributed by atoms with van der Waals surface area (Å²) in [7, 11) is 0. The summed E-state index contributed by atoms with van der Waals surface area (Å²) in [6, 6.07) is 7.64. The highest BCUT2D eigenvalue weighted by atomic mass is 35.5. The molecule has 0 saturated heterocycles. The normalized spacial score (nSPS) is 12.3. The van der Waals surface area contributed by atoms with Crippen LogP contribution in [0, 0.1) is 5.82 Å². The molecule has 0 saturated carbocycles. The molecule has 0 spiro atoms. The number of nitrogens with zero attached hydrogens (tertiary/aromatic N) is 1. The molecule has 0 radical (unpaired) electrons. The molecule has 132 valence electrons. The van der Waals surface area contributed by atoms with Crippen LogP contribution in [0.4, 0.5) is 9.52 Å². The SMILES string of the molecule is O=C(Nc1nc(-c2ccc3c(c2)OCO3)cs1)c1cc(F)c(Cl)cc1Cl. The lowest BCUT2D eigenvalue weighted by atomic mass is 10.1. The largest absolute Gasteiger partial charge is 0.454 e. The molecule has 1 aliphatic heterocycles. The number of rotatable bonds is 3. The van der Waals surface area contributed by atoms with E-state index in [0.717, 1.165) is 11.6 Å². The number of aromatic nitrogens is 1. The number of benzene rings is 2. The highest BCUT2D eigenvalue weighted by Crippen LogP contribution is 2.36. The van der Waals surface area contributed by atoms with Crippen LogP contribution < -0.4 is 14.8 Å². The topological polar surface area (TPSA) is 60.5 Å². The quantitative estimate of drug-likeness (QED) is 0.599. The Hall–Kier alpha value is -2.35. The molecule has 1 N–H and O–H groups in total. The van der Waals surface area contributed by atoms with E-state index in [1.165, 1.54) is 17.4 Å². The van der Waals surface area contributed by atoms with Crippen molar-refractivity contribution < 1.29 is 18.7 Å². The van der Waals surface area contributed by atoms with Crippen molar-refractivity contribution in [1.29, 1.82) is 0 Å². The second kappa shape index (κ2) is 6.75.